The number of nitrogens with zero attached hydrogens (tertiary/aromatic N) is 4. The lowest BCUT2D eigenvalue weighted by molar-refractivity contribution is 0.734. The quantitative estimate of drug-likeness (QED) is 0.153. The zero-order chi connectivity index (χ0) is 42.5. The maximum Gasteiger partial charge on any atom is 0.0886 e. The summed E-state index contributed by atoms with van der Waals surface area (Å²) in [6.45, 7) is 0. The molecule has 10 aromatic rings. The highest BCUT2D eigenvalue weighted by atomic mass is 14.7. The second-order valence-electron chi connectivity index (χ2n) is 16.5. The summed E-state index contributed by atoms with van der Waals surface area (Å²) < 4.78 is 0. The molecule has 300 valence electrons. The molecule has 12 rings (SSSR count). The van der Waals surface area contributed by atoms with Crippen LogP contribution in [-0.2, 0) is 10.8 Å². The minimum Gasteiger partial charge on any atom is -0.260 e. The van der Waals surface area contributed by atoms with E-state index in [1.807, 2.05) is 49.1 Å². The molecule has 4 heteroatoms. The van der Waals surface area contributed by atoms with Crippen molar-refractivity contribution < 1.29 is 0 Å². The van der Waals surface area contributed by atoms with E-state index in [2.05, 4.69) is 194 Å². The number of hydrogen-bond acceptors (Lipinski definition) is 4. The van der Waals surface area contributed by atoms with Crippen molar-refractivity contribution >= 4 is 11.1 Å². The predicted octanol–water partition coefficient (Wildman–Crippen LogP) is 13.0. The van der Waals surface area contributed by atoms with E-state index < -0.39 is 10.8 Å². The lowest BCUT2D eigenvalue weighted by Crippen LogP contribution is -2.30. The highest BCUT2D eigenvalue weighted by Crippen LogP contribution is 2.57. The van der Waals surface area contributed by atoms with Gasteiger partial charge >= 0.3 is 0 Å². The number of benzene rings is 6. The zero-order valence-corrected chi connectivity index (χ0v) is 34.9. The van der Waals surface area contributed by atoms with Gasteiger partial charge in [0.25, 0.3) is 0 Å². The molecule has 0 spiro atoms. The Hall–Kier alpha value is -8.34. The molecule has 64 heavy (non-hydrogen) atoms. The highest BCUT2D eigenvalue weighted by Gasteiger charge is 2.48. The minimum absolute atomic E-state index is 0.687. The van der Waals surface area contributed by atoms with Gasteiger partial charge in [0.1, 0.15) is 0 Å². The lowest BCUT2D eigenvalue weighted by atomic mass is 9.68. The van der Waals surface area contributed by atoms with Gasteiger partial charge in [-0.3, -0.25) is 19.9 Å². The van der Waals surface area contributed by atoms with Gasteiger partial charge in [0, 0.05) is 35.9 Å². The first-order valence-corrected chi connectivity index (χ1v) is 21.8. The number of rotatable bonds is 8. The van der Waals surface area contributed by atoms with Crippen molar-refractivity contribution in [3.63, 3.8) is 0 Å². The van der Waals surface area contributed by atoms with Gasteiger partial charge in [-0.2, -0.15) is 0 Å². The zero-order valence-electron chi connectivity index (χ0n) is 34.9. The molecule has 6 aromatic carbocycles. The van der Waals surface area contributed by atoms with Gasteiger partial charge in [0.05, 0.1) is 33.6 Å². The number of fused-ring (bicyclic) bond motifs is 6. The molecule has 0 fully saturated rings. The van der Waals surface area contributed by atoms with Gasteiger partial charge in [0.2, 0.25) is 0 Å². The molecule has 0 radical (unpaired) electrons. The number of aromatic nitrogens is 4. The van der Waals surface area contributed by atoms with Crippen LogP contribution in [-0.4, -0.2) is 19.9 Å². The van der Waals surface area contributed by atoms with Crippen LogP contribution >= 0.6 is 0 Å². The van der Waals surface area contributed by atoms with E-state index >= 15 is 0 Å². The topological polar surface area (TPSA) is 51.6 Å². The molecule has 0 bridgehead atoms. The van der Waals surface area contributed by atoms with Crippen LogP contribution in [0.25, 0.3) is 33.4 Å². The fourth-order valence-electron chi connectivity index (χ4n) is 10.8. The smallest absolute Gasteiger partial charge is 0.0886 e. The molecule has 0 amide bonds. The molecule has 0 saturated carbocycles. The first-order chi connectivity index (χ1) is 31.8. The Kier molecular flexibility index (Phi) is 8.91. The maximum atomic E-state index is 5.16. The van der Waals surface area contributed by atoms with E-state index in [-0.39, 0.29) is 0 Å². The van der Waals surface area contributed by atoms with Crippen molar-refractivity contribution in [2.24, 2.45) is 0 Å². The van der Waals surface area contributed by atoms with Crippen molar-refractivity contribution in [3.05, 3.63) is 310 Å². The van der Waals surface area contributed by atoms with Crippen LogP contribution in [0.15, 0.2) is 243 Å². The molecular formula is C60H40N4. The standard InChI is InChI=1S/C60H40N4/c1-5-27-49-45(23-1)46-24-2-6-28-50(46)59(49,55-33-11-15-37-63-55)43-21-17-19-41(39-43)57(58(53-31-9-13-35-61-53)54-32-10-14-36-62-54)42-20-18-22-44(40-42)60(56-34-12-16-38-64-56)51-29-7-3-25-47(51)48-26-4-8-30-52(48)60/h1-40H. The molecule has 4 aromatic heterocycles. The average Bonchev–Trinajstić information content (AvgIpc) is 3.86. The van der Waals surface area contributed by atoms with Crippen LogP contribution in [0, 0.1) is 0 Å². The van der Waals surface area contributed by atoms with Crippen LogP contribution in [0.3, 0.4) is 0 Å². The van der Waals surface area contributed by atoms with Gasteiger partial charge in [-0.05, 0) is 127 Å². The van der Waals surface area contributed by atoms with Crippen molar-refractivity contribution in [2.75, 3.05) is 0 Å². The highest BCUT2D eigenvalue weighted by molar-refractivity contribution is 6.03. The molecule has 0 saturated heterocycles. The van der Waals surface area contributed by atoms with E-state index in [9.17, 15) is 0 Å². The molecule has 2 aliphatic carbocycles. The molecule has 4 heterocycles. The van der Waals surface area contributed by atoms with Gasteiger partial charge in [-0.1, -0.05) is 158 Å². The fraction of sp³-hybridized carbons (Fsp3) is 0.0333. The Balaban J connectivity index is 1.18. The Morgan fingerprint density at radius 2 is 0.625 bits per heavy atom. The SMILES string of the molecule is c1ccc(C(=C(c2cccc(C3(c4ccccn4)c4ccccc4-c4ccccc43)c2)c2cccc(C3(c4ccccn4)c4ccccc4-c4ccccc43)c2)c2ccccn2)nc1. The van der Waals surface area contributed by atoms with Crippen molar-refractivity contribution in [1.82, 2.24) is 19.9 Å². The van der Waals surface area contributed by atoms with E-state index in [1.54, 1.807) is 0 Å². The van der Waals surface area contributed by atoms with Crippen molar-refractivity contribution in [3.8, 4) is 22.3 Å². The fourth-order valence-corrected chi connectivity index (χ4v) is 10.8. The van der Waals surface area contributed by atoms with E-state index in [0.717, 1.165) is 56.2 Å². The van der Waals surface area contributed by atoms with Crippen LogP contribution in [0.5, 0.6) is 0 Å². The second-order valence-corrected chi connectivity index (χ2v) is 16.5. The lowest BCUT2D eigenvalue weighted by Gasteiger charge is -2.34. The third-order valence-electron chi connectivity index (χ3n) is 13.3. The molecule has 0 atom stereocenters. The Morgan fingerprint density at radius 3 is 0.969 bits per heavy atom. The van der Waals surface area contributed by atoms with Crippen LogP contribution < -0.4 is 0 Å². The first kappa shape index (κ1) is 37.4. The monoisotopic (exact) mass is 816 g/mol. The summed E-state index contributed by atoms with van der Waals surface area (Å²) in [5, 5.41) is 0. The molecule has 4 nitrogen and oxygen atoms in total. The van der Waals surface area contributed by atoms with Crippen molar-refractivity contribution in [2.45, 2.75) is 10.8 Å². The summed E-state index contributed by atoms with van der Waals surface area (Å²) in [5.41, 5.74) is 18.3. The molecule has 2 aliphatic rings. The van der Waals surface area contributed by atoms with Crippen molar-refractivity contribution in [1.29, 1.82) is 0 Å². The second kappa shape index (κ2) is 15.2. The van der Waals surface area contributed by atoms with Gasteiger partial charge < -0.3 is 0 Å². The predicted molar refractivity (Wildman–Crippen MR) is 257 cm³/mol. The summed E-state index contributed by atoms with van der Waals surface area (Å²) in [6.07, 6.45) is 7.57. The van der Waals surface area contributed by atoms with E-state index in [1.165, 1.54) is 44.5 Å². The Labute approximate surface area is 373 Å². The van der Waals surface area contributed by atoms with E-state index in [0.29, 0.717) is 0 Å². The Morgan fingerprint density at radius 1 is 0.281 bits per heavy atom. The summed E-state index contributed by atoms with van der Waals surface area (Å²) in [5.74, 6) is 0. The minimum atomic E-state index is -0.687. The maximum absolute atomic E-state index is 5.16. The number of pyridine rings is 4. The third-order valence-corrected chi connectivity index (χ3v) is 13.3. The average molecular weight is 817 g/mol. The largest absolute Gasteiger partial charge is 0.260 e. The summed E-state index contributed by atoms with van der Waals surface area (Å²) in [6, 6.07) is 78.2. The van der Waals surface area contributed by atoms with Crippen LogP contribution in [0.2, 0.25) is 0 Å². The first-order valence-electron chi connectivity index (χ1n) is 21.8. The molecular weight excluding hydrogens is 777 g/mol. The summed E-state index contributed by atoms with van der Waals surface area (Å²) in [4.78, 5) is 20.4. The summed E-state index contributed by atoms with van der Waals surface area (Å²) in [7, 11) is 0. The molecule has 0 N–H and O–H groups in total. The van der Waals surface area contributed by atoms with Gasteiger partial charge in [-0.25, -0.2) is 0 Å². The van der Waals surface area contributed by atoms with Crippen LogP contribution in [0.4, 0.5) is 0 Å². The van der Waals surface area contributed by atoms with E-state index in [4.69, 9.17) is 19.9 Å². The van der Waals surface area contributed by atoms with Gasteiger partial charge in [0.15, 0.2) is 0 Å². The normalized spacial score (nSPS) is 13.6. The van der Waals surface area contributed by atoms with Crippen LogP contribution in [0.1, 0.15) is 67.3 Å². The molecule has 0 aliphatic heterocycles. The Bertz CT molecular complexity index is 3060. The molecule has 0 unspecified atom stereocenters. The third kappa shape index (κ3) is 5.56. The number of hydrogen-bond donors (Lipinski definition) is 0. The summed E-state index contributed by atoms with van der Waals surface area (Å²) >= 11 is 0. The van der Waals surface area contributed by atoms with Gasteiger partial charge in [-0.15, -0.1) is 0 Å².